The summed E-state index contributed by atoms with van der Waals surface area (Å²) in [4.78, 5) is 11.6. The predicted octanol–water partition coefficient (Wildman–Crippen LogP) is -1.00. The molecule has 0 aromatic carbocycles. The number of carbonyl (C=O) groups excluding carboxylic acids is 1. The number of nitrogens with one attached hydrogen (secondary N) is 1. The van der Waals surface area contributed by atoms with Gasteiger partial charge in [0.1, 0.15) is 0 Å². The van der Waals surface area contributed by atoms with E-state index < -0.39 is 9.84 Å². The quantitative estimate of drug-likeness (QED) is 0.567. The van der Waals surface area contributed by atoms with Gasteiger partial charge in [-0.25, -0.2) is 8.42 Å². The van der Waals surface area contributed by atoms with Crippen molar-refractivity contribution in [3.05, 3.63) is 0 Å². The zero-order chi connectivity index (χ0) is 12.1. The maximum absolute atomic E-state index is 11.6. The van der Waals surface area contributed by atoms with E-state index in [-0.39, 0.29) is 11.8 Å². The average Bonchev–Trinajstić information content (AvgIpc) is 2.65. The summed E-state index contributed by atoms with van der Waals surface area (Å²) in [6, 6.07) is 0. The maximum Gasteiger partial charge on any atom is 0.223 e. The van der Waals surface area contributed by atoms with Gasteiger partial charge in [-0.3, -0.25) is 4.79 Å². The first-order valence-electron chi connectivity index (χ1n) is 6.33. The molecule has 3 heterocycles. The highest BCUT2D eigenvalue weighted by molar-refractivity contribution is 7.91. The van der Waals surface area contributed by atoms with Gasteiger partial charge in [0.05, 0.1) is 43.6 Å². The summed E-state index contributed by atoms with van der Waals surface area (Å²) >= 11 is 0. The Morgan fingerprint density at radius 3 is 2.59 bits per heavy atom. The molecule has 0 aliphatic carbocycles. The molecule has 3 fully saturated rings. The molecule has 2 atom stereocenters. The molecule has 0 radical (unpaired) electrons. The van der Waals surface area contributed by atoms with Crippen LogP contribution in [0.3, 0.4) is 0 Å². The van der Waals surface area contributed by atoms with Crippen LogP contribution in [-0.4, -0.2) is 63.0 Å². The summed E-state index contributed by atoms with van der Waals surface area (Å²) in [5.41, 5.74) is 0. The Bertz CT molecular complexity index is 432. The largest absolute Gasteiger partial charge is 0.355 e. The number of carbonyl (C=O) groups is 1. The molecule has 1 amide bonds. The molecule has 0 unspecified atom stereocenters. The number of sulfone groups is 1. The van der Waals surface area contributed by atoms with Gasteiger partial charge in [0, 0.05) is 18.9 Å². The van der Waals surface area contributed by atoms with E-state index in [1.54, 1.807) is 0 Å². The summed E-state index contributed by atoms with van der Waals surface area (Å²) < 4.78 is 23.9. The molecule has 0 aromatic heterocycles. The number of hydrogen-bond donors (Lipinski definition) is 1. The third-order valence-corrected chi connectivity index (χ3v) is 6.34. The van der Waals surface area contributed by atoms with Crippen molar-refractivity contribution in [1.82, 2.24) is 5.32 Å². The van der Waals surface area contributed by atoms with Gasteiger partial charge in [0.15, 0.2) is 9.84 Å². The Kier molecular flexibility index (Phi) is 2.49. The Labute approximate surface area is 102 Å². The Morgan fingerprint density at radius 1 is 1.18 bits per heavy atom. The van der Waals surface area contributed by atoms with Crippen LogP contribution in [0.4, 0.5) is 0 Å². The highest BCUT2D eigenvalue weighted by Crippen LogP contribution is 2.33. The number of nitrogens with zero attached hydrogens (tertiary/aromatic N) is 1. The van der Waals surface area contributed by atoms with Gasteiger partial charge in [0.2, 0.25) is 5.91 Å². The van der Waals surface area contributed by atoms with Crippen molar-refractivity contribution in [1.29, 1.82) is 0 Å². The van der Waals surface area contributed by atoms with E-state index in [1.165, 1.54) is 0 Å². The molecule has 6 heteroatoms. The van der Waals surface area contributed by atoms with E-state index in [2.05, 4.69) is 5.32 Å². The smallest absolute Gasteiger partial charge is 0.223 e. The minimum absolute atomic E-state index is 0.192. The second kappa shape index (κ2) is 3.68. The summed E-state index contributed by atoms with van der Waals surface area (Å²) in [7, 11) is -2.79. The van der Waals surface area contributed by atoms with Crippen LogP contribution in [0.1, 0.15) is 6.42 Å². The molecule has 0 saturated carbocycles. The van der Waals surface area contributed by atoms with E-state index in [4.69, 9.17) is 0 Å². The minimum Gasteiger partial charge on any atom is -0.355 e. The van der Waals surface area contributed by atoms with E-state index in [0.717, 1.165) is 43.6 Å². The zero-order valence-corrected chi connectivity index (χ0v) is 10.7. The lowest BCUT2D eigenvalue weighted by Crippen LogP contribution is -2.62. The second-order valence-electron chi connectivity index (χ2n) is 5.75. The molecule has 3 saturated heterocycles. The van der Waals surface area contributed by atoms with Gasteiger partial charge in [-0.15, -0.1) is 0 Å². The van der Waals surface area contributed by atoms with E-state index >= 15 is 0 Å². The van der Waals surface area contributed by atoms with Crippen LogP contribution in [0.2, 0.25) is 0 Å². The standard InChI is InChI=1S/C11H18N2O3S/c14-11-10-1-2-13(8-9(10)7-12-11)3-5-17(15,16)6-4-13/h9-10H,1-8H2/p+1/t9-,10+/m1/s1. The Balaban J connectivity index is 1.73. The van der Waals surface area contributed by atoms with E-state index in [1.807, 2.05) is 0 Å². The number of quaternary nitrogens is 1. The van der Waals surface area contributed by atoms with E-state index in [9.17, 15) is 13.2 Å². The molecule has 5 nitrogen and oxygen atoms in total. The maximum atomic E-state index is 11.6. The lowest BCUT2D eigenvalue weighted by atomic mass is 9.86. The van der Waals surface area contributed by atoms with Crippen LogP contribution in [-0.2, 0) is 14.6 Å². The SMILES string of the molecule is O=C1NC[C@@H]2C[N+]3(CC[C@H]12)CCS(=O)(=O)CC3. The lowest BCUT2D eigenvalue weighted by molar-refractivity contribution is -0.933. The van der Waals surface area contributed by atoms with Crippen LogP contribution in [0.15, 0.2) is 0 Å². The molecule has 3 rings (SSSR count). The van der Waals surface area contributed by atoms with Gasteiger partial charge in [-0.2, -0.15) is 0 Å². The summed E-state index contributed by atoms with van der Waals surface area (Å²) in [6.07, 6.45) is 0.927. The first-order chi connectivity index (χ1) is 8.00. The van der Waals surface area contributed by atoms with Gasteiger partial charge < -0.3 is 9.80 Å². The fraction of sp³-hybridized carbons (Fsp3) is 0.909. The normalized spacial score (nSPS) is 38.7. The summed E-state index contributed by atoms with van der Waals surface area (Å²) in [5, 5.41) is 2.93. The van der Waals surface area contributed by atoms with Crippen molar-refractivity contribution >= 4 is 15.7 Å². The summed E-state index contributed by atoms with van der Waals surface area (Å²) in [5.74, 6) is 1.48. The zero-order valence-electron chi connectivity index (χ0n) is 9.89. The van der Waals surface area contributed by atoms with Crippen molar-refractivity contribution in [3.8, 4) is 0 Å². The third-order valence-electron chi connectivity index (χ3n) is 4.73. The van der Waals surface area contributed by atoms with Crippen LogP contribution in [0, 0.1) is 11.8 Å². The van der Waals surface area contributed by atoms with E-state index in [0.29, 0.717) is 17.4 Å². The molecular weight excluding hydrogens is 240 g/mol. The van der Waals surface area contributed by atoms with Crippen molar-refractivity contribution < 1.29 is 17.7 Å². The predicted molar refractivity (Wildman–Crippen MR) is 63.0 cm³/mol. The van der Waals surface area contributed by atoms with Gasteiger partial charge in [-0.05, 0) is 0 Å². The molecule has 0 bridgehead atoms. The van der Waals surface area contributed by atoms with Crippen LogP contribution in [0.25, 0.3) is 0 Å². The molecule has 17 heavy (non-hydrogen) atoms. The Morgan fingerprint density at radius 2 is 1.88 bits per heavy atom. The molecule has 0 aromatic rings. The number of amides is 1. The third kappa shape index (κ3) is 1.97. The fourth-order valence-corrected chi connectivity index (χ4v) is 5.10. The van der Waals surface area contributed by atoms with Crippen molar-refractivity contribution in [2.75, 3.05) is 44.2 Å². The molecule has 3 aliphatic rings. The molecular formula is C11H19N2O3S+. The van der Waals surface area contributed by atoms with Crippen LogP contribution >= 0.6 is 0 Å². The van der Waals surface area contributed by atoms with Crippen LogP contribution in [0.5, 0.6) is 0 Å². The molecule has 3 aliphatic heterocycles. The van der Waals surface area contributed by atoms with Crippen molar-refractivity contribution in [2.45, 2.75) is 6.42 Å². The van der Waals surface area contributed by atoms with Crippen LogP contribution < -0.4 is 5.32 Å². The lowest BCUT2D eigenvalue weighted by Gasteiger charge is -2.46. The molecule has 1 N–H and O–H groups in total. The topological polar surface area (TPSA) is 63.2 Å². The highest BCUT2D eigenvalue weighted by Gasteiger charge is 2.48. The average molecular weight is 259 g/mol. The number of piperidine rings is 1. The number of rotatable bonds is 0. The monoisotopic (exact) mass is 259 g/mol. The van der Waals surface area contributed by atoms with Gasteiger partial charge >= 0.3 is 0 Å². The Hall–Kier alpha value is -0.620. The minimum atomic E-state index is -2.79. The highest BCUT2D eigenvalue weighted by atomic mass is 32.2. The molecule has 96 valence electrons. The fourth-order valence-electron chi connectivity index (χ4n) is 3.56. The first kappa shape index (κ1) is 11.5. The number of fused-ring (bicyclic) bond motifs is 1. The van der Waals surface area contributed by atoms with Gasteiger partial charge in [0.25, 0.3) is 0 Å². The van der Waals surface area contributed by atoms with Gasteiger partial charge in [-0.1, -0.05) is 0 Å². The van der Waals surface area contributed by atoms with Crippen molar-refractivity contribution in [3.63, 3.8) is 0 Å². The first-order valence-corrected chi connectivity index (χ1v) is 8.15. The molecule has 1 spiro atoms. The summed E-state index contributed by atoms with van der Waals surface area (Å²) in [6.45, 7) is 4.25. The van der Waals surface area contributed by atoms with Crippen molar-refractivity contribution in [2.24, 2.45) is 11.8 Å². The second-order valence-corrected chi connectivity index (χ2v) is 8.05. The number of hydrogen-bond acceptors (Lipinski definition) is 3.